The molecule has 0 saturated heterocycles. The van der Waals surface area contributed by atoms with E-state index in [4.69, 9.17) is 11.6 Å². The molecule has 1 amide bonds. The Morgan fingerprint density at radius 3 is 2.60 bits per heavy atom. The van der Waals surface area contributed by atoms with E-state index < -0.39 is 0 Å². The lowest BCUT2D eigenvalue weighted by Gasteiger charge is -2.09. The largest absolute Gasteiger partial charge is 0.348 e. The fourth-order valence-corrected chi connectivity index (χ4v) is 2.85. The maximum atomic E-state index is 14.1. The second-order valence-corrected chi connectivity index (χ2v) is 6.41. The third-order valence-corrected chi connectivity index (χ3v) is 4.40. The van der Waals surface area contributed by atoms with Gasteiger partial charge in [-0.2, -0.15) is 5.10 Å². The fraction of sp³-hybridized carbons (Fsp3) is 0.158. The van der Waals surface area contributed by atoms with Gasteiger partial charge >= 0.3 is 0 Å². The summed E-state index contributed by atoms with van der Waals surface area (Å²) in [6.45, 7) is 0. The predicted molar refractivity (Wildman–Crippen MR) is 94.5 cm³/mol. The number of carbonyl (C=O) groups excluding carboxylic acids is 1. The van der Waals surface area contributed by atoms with Gasteiger partial charge in [0.25, 0.3) is 5.91 Å². The van der Waals surface area contributed by atoms with Crippen molar-refractivity contribution in [3.63, 3.8) is 0 Å². The highest BCUT2D eigenvalue weighted by Crippen LogP contribution is 2.28. The number of carbonyl (C=O) groups is 1. The molecule has 2 aromatic carbocycles. The van der Waals surface area contributed by atoms with Crippen LogP contribution >= 0.6 is 11.6 Å². The fourth-order valence-electron chi connectivity index (χ4n) is 2.64. The SMILES string of the molecule is O=C(NC1CC1)c1cc(-c2ccccc2F)nn1-c1ccccc1Cl. The summed E-state index contributed by atoms with van der Waals surface area (Å²) in [6, 6.07) is 15.3. The van der Waals surface area contributed by atoms with Crippen molar-refractivity contribution in [2.24, 2.45) is 0 Å². The molecular weight excluding hydrogens is 341 g/mol. The Bertz CT molecular complexity index is 949. The average Bonchev–Trinajstić information content (AvgIpc) is 3.31. The average molecular weight is 356 g/mol. The Hall–Kier alpha value is -2.66. The molecule has 0 spiro atoms. The number of nitrogens with one attached hydrogen (secondary N) is 1. The second-order valence-electron chi connectivity index (χ2n) is 6.01. The van der Waals surface area contributed by atoms with E-state index in [1.165, 1.54) is 10.7 Å². The van der Waals surface area contributed by atoms with Crippen LogP contribution in [0.1, 0.15) is 23.3 Å². The quantitative estimate of drug-likeness (QED) is 0.761. The van der Waals surface area contributed by atoms with Gasteiger partial charge in [0, 0.05) is 11.6 Å². The number of nitrogens with zero attached hydrogens (tertiary/aromatic N) is 2. The molecule has 1 aliphatic rings. The highest BCUT2D eigenvalue weighted by molar-refractivity contribution is 6.32. The smallest absolute Gasteiger partial charge is 0.270 e. The van der Waals surface area contributed by atoms with Gasteiger partial charge in [-0.05, 0) is 43.2 Å². The topological polar surface area (TPSA) is 46.9 Å². The van der Waals surface area contributed by atoms with Crippen molar-refractivity contribution in [2.45, 2.75) is 18.9 Å². The minimum atomic E-state index is -0.388. The van der Waals surface area contributed by atoms with Crippen molar-refractivity contribution in [3.8, 4) is 16.9 Å². The molecule has 0 atom stereocenters. The molecule has 0 aliphatic heterocycles. The minimum absolute atomic E-state index is 0.207. The van der Waals surface area contributed by atoms with E-state index in [1.807, 2.05) is 6.07 Å². The van der Waals surface area contributed by atoms with Crippen LogP contribution in [0.25, 0.3) is 16.9 Å². The standard InChI is InChI=1S/C19H15ClFN3O/c20-14-6-2-4-8-17(14)24-18(19(25)22-12-9-10-12)11-16(23-24)13-5-1-3-7-15(13)21/h1-8,11-12H,9-10H2,(H,22,25). The molecule has 1 heterocycles. The summed E-state index contributed by atoms with van der Waals surface area (Å²) < 4.78 is 15.6. The molecule has 1 saturated carbocycles. The summed E-state index contributed by atoms with van der Waals surface area (Å²) >= 11 is 6.27. The van der Waals surface area contributed by atoms with Crippen LogP contribution in [0.3, 0.4) is 0 Å². The molecule has 1 aliphatic carbocycles. The first-order chi connectivity index (χ1) is 12.1. The van der Waals surface area contributed by atoms with Gasteiger partial charge < -0.3 is 5.32 Å². The van der Waals surface area contributed by atoms with Crippen LogP contribution in [0.2, 0.25) is 5.02 Å². The lowest BCUT2D eigenvalue weighted by Crippen LogP contribution is -2.27. The van der Waals surface area contributed by atoms with Crippen LogP contribution in [0.5, 0.6) is 0 Å². The number of aromatic nitrogens is 2. The summed E-state index contributed by atoms with van der Waals surface area (Å²) in [5.74, 6) is -0.627. The number of hydrogen-bond donors (Lipinski definition) is 1. The van der Waals surface area contributed by atoms with E-state index in [0.717, 1.165) is 12.8 Å². The number of hydrogen-bond acceptors (Lipinski definition) is 2. The molecule has 25 heavy (non-hydrogen) atoms. The first-order valence-electron chi connectivity index (χ1n) is 8.04. The van der Waals surface area contributed by atoms with E-state index in [0.29, 0.717) is 27.7 Å². The van der Waals surface area contributed by atoms with Gasteiger partial charge in [0.1, 0.15) is 11.5 Å². The molecule has 3 aromatic rings. The highest BCUT2D eigenvalue weighted by Gasteiger charge is 2.27. The molecule has 4 rings (SSSR count). The molecule has 0 radical (unpaired) electrons. The summed E-state index contributed by atoms with van der Waals surface area (Å²) in [5.41, 5.74) is 1.64. The van der Waals surface area contributed by atoms with Crippen LogP contribution < -0.4 is 5.32 Å². The van der Waals surface area contributed by atoms with Crippen molar-refractivity contribution in [1.82, 2.24) is 15.1 Å². The Morgan fingerprint density at radius 1 is 1.16 bits per heavy atom. The van der Waals surface area contributed by atoms with Crippen LogP contribution in [-0.2, 0) is 0 Å². The van der Waals surface area contributed by atoms with Crippen molar-refractivity contribution in [3.05, 3.63) is 71.1 Å². The number of benzene rings is 2. The summed E-state index contributed by atoms with van der Waals surface area (Å²) in [4.78, 5) is 12.6. The maximum absolute atomic E-state index is 14.1. The Kier molecular flexibility index (Phi) is 4.01. The molecule has 6 heteroatoms. The van der Waals surface area contributed by atoms with E-state index in [2.05, 4.69) is 10.4 Å². The van der Waals surface area contributed by atoms with Crippen molar-refractivity contribution in [1.29, 1.82) is 0 Å². The van der Waals surface area contributed by atoms with Crippen molar-refractivity contribution < 1.29 is 9.18 Å². The molecular formula is C19H15ClFN3O. The third kappa shape index (κ3) is 3.15. The van der Waals surface area contributed by atoms with Crippen LogP contribution in [0, 0.1) is 5.82 Å². The molecule has 4 nitrogen and oxygen atoms in total. The third-order valence-electron chi connectivity index (χ3n) is 4.09. The molecule has 1 aromatic heterocycles. The van der Waals surface area contributed by atoms with Crippen LogP contribution in [0.15, 0.2) is 54.6 Å². The van der Waals surface area contributed by atoms with Crippen LogP contribution in [0.4, 0.5) is 4.39 Å². The Labute approximate surface area is 149 Å². The van der Waals surface area contributed by atoms with E-state index in [1.54, 1.807) is 42.5 Å². The molecule has 1 N–H and O–H groups in total. The zero-order valence-corrected chi connectivity index (χ0v) is 14.0. The van der Waals surface area contributed by atoms with E-state index in [9.17, 15) is 9.18 Å². The van der Waals surface area contributed by atoms with E-state index in [-0.39, 0.29) is 17.8 Å². The lowest BCUT2D eigenvalue weighted by molar-refractivity contribution is 0.0943. The Morgan fingerprint density at radius 2 is 1.88 bits per heavy atom. The van der Waals surface area contributed by atoms with Gasteiger partial charge in [-0.1, -0.05) is 35.9 Å². The summed E-state index contributed by atoms with van der Waals surface area (Å²) in [6.07, 6.45) is 1.96. The maximum Gasteiger partial charge on any atom is 0.270 e. The first kappa shape index (κ1) is 15.8. The van der Waals surface area contributed by atoms with E-state index >= 15 is 0 Å². The Balaban J connectivity index is 1.84. The number of rotatable bonds is 4. The molecule has 0 unspecified atom stereocenters. The van der Waals surface area contributed by atoms with Gasteiger partial charge in [-0.3, -0.25) is 4.79 Å². The molecule has 1 fully saturated rings. The zero-order valence-electron chi connectivity index (χ0n) is 13.2. The van der Waals surface area contributed by atoms with Gasteiger partial charge in [-0.15, -0.1) is 0 Å². The van der Waals surface area contributed by atoms with Gasteiger partial charge in [0.2, 0.25) is 0 Å². The number of amides is 1. The normalized spacial score (nSPS) is 13.7. The first-order valence-corrected chi connectivity index (χ1v) is 8.42. The molecule has 126 valence electrons. The van der Waals surface area contributed by atoms with Gasteiger partial charge in [0.05, 0.1) is 16.4 Å². The monoisotopic (exact) mass is 355 g/mol. The number of halogens is 2. The molecule has 0 bridgehead atoms. The lowest BCUT2D eigenvalue weighted by atomic mass is 10.1. The zero-order chi connectivity index (χ0) is 17.4. The highest BCUT2D eigenvalue weighted by atomic mass is 35.5. The van der Waals surface area contributed by atoms with Crippen molar-refractivity contribution in [2.75, 3.05) is 0 Å². The van der Waals surface area contributed by atoms with Gasteiger partial charge in [-0.25, -0.2) is 9.07 Å². The van der Waals surface area contributed by atoms with Crippen LogP contribution in [-0.4, -0.2) is 21.7 Å². The van der Waals surface area contributed by atoms with Gasteiger partial charge in [0.15, 0.2) is 0 Å². The second kappa shape index (κ2) is 6.33. The minimum Gasteiger partial charge on any atom is -0.348 e. The van der Waals surface area contributed by atoms with Crippen molar-refractivity contribution >= 4 is 17.5 Å². The number of para-hydroxylation sites is 1. The summed E-state index contributed by atoms with van der Waals surface area (Å²) in [7, 11) is 0. The predicted octanol–water partition coefficient (Wildman–Crippen LogP) is 4.22. The summed E-state index contributed by atoms with van der Waals surface area (Å²) in [5, 5.41) is 7.86.